The monoisotopic (exact) mass is 433 g/mol. The number of nitrogens with one attached hydrogen (secondary N) is 3. The van der Waals surface area contributed by atoms with Crippen LogP contribution in [0.3, 0.4) is 0 Å². The van der Waals surface area contributed by atoms with E-state index in [2.05, 4.69) is 16.0 Å². The van der Waals surface area contributed by atoms with Crippen LogP contribution in [0.5, 0.6) is 0 Å². The third-order valence-corrected chi connectivity index (χ3v) is 4.25. The molecule has 0 saturated heterocycles. The minimum absolute atomic E-state index is 0.162. The maximum absolute atomic E-state index is 13.0. The van der Waals surface area contributed by atoms with Crippen molar-refractivity contribution in [2.24, 2.45) is 0 Å². The number of halogens is 4. The fourth-order valence-corrected chi connectivity index (χ4v) is 2.57. The van der Waals surface area contributed by atoms with Crippen LogP contribution in [0.25, 0.3) is 0 Å². The summed E-state index contributed by atoms with van der Waals surface area (Å²) in [6.45, 7) is 1.91. The Bertz CT molecular complexity index is 797. The predicted octanol–water partition coefficient (Wildman–Crippen LogP) is 4.55. The van der Waals surface area contributed by atoms with Crippen LogP contribution in [0.15, 0.2) is 48.5 Å². The van der Waals surface area contributed by atoms with Crippen molar-refractivity contribution in [3.05, 3.63) is 65.5 Å². The summed E-state index contributed by atoms with van der Waals surface area (Å²) in [4.78, 5) is 12.3. The summed E-state index contributed by atoms with van der Waals surface area (Å²) in [5.74, 6) is -1.01. The zero-order valence-corrected chi connectivity index (χ0v) is 16.6. The number of thiocarbonyl (C=S) groups is 1. The minimum Gasteiger partial charge on any atom is -0.339 e. The number of carbonyl (C=O) groups excluding carboxylic acids is 1. The van der Waals surface area contributed by atoms with Gasteiger partial charge in [-0.1, -0.05) is 53.0 Å². The van der Waals surface area contributed by atoms with Gasteiger partial charge in [-0.05, 0) is 55.0 Å². The molecule has 26 heavy (non-hydrogen) atoms. The SMILES string of the molecule is Cc1ccccc1NC(=S)N[C@H](NC(=O)c1ccc(F)cc1)C(Cl)(Cl)Cl. The van der Waals surface area contributed by atoms with Crippen molar-refractivity contribution in [2.45, 2.75) is 16.9 Å². The first kappa shape index (κ1) is 20.7. The summed E-state index contributed by atoms with van der Waals surface area (Å²) in [6.07, 6.45) is -1.12. The largest absolute Gasteiger partial charge is 0.339 e. The van der Waals surface area contributed by atoms with Gasteiger partial charge in [0, 0.05) is 11.3 Å². The molecule has 0 aliphatic carbocycles. The van der Waals surface area contributed by atoms with Gasteiger partial charge in [0.05, 0.1) is 0 Å². The third kappa shape index (κ3) is 5.99. The second-order valence-electron chi connectivity index (χ2n) is 5.37. The number of hydrogen-bond donors (Lipinski definition) is 3. The predicted molar refractivity (Wildman–Crippen MR) is 108 cm³/mol. The van der Waals surface area contributed by atoms with Crippen molar-refractivity contribution in [3.63, 3.8) is 0 Å². The zero-order valence-electron chi connectivity index (χ0n) is 13.5. The number of para-hydroxylation sites is 1. The molecule has 1 atom stereocenters. The summed E-state index contributed by atoms with van der Waals surface area (Å²) in [5.41, 5.74) is 1.96. The van der Waals surface area contributed by atoms with Crippen molar-refractivity contribution in [3.8, 4) is 0 Å². The quantitative estimate of drug-likeness (QED) is 0.375. The number of alkyl halides is 3. The fourth-order valence-electron chi connectivity index (χ4n) is 2.02. The van der Waals surface area contributed by atoms with Gasteiger partial charge in [0.2, 0.25) is 3.79 Å². The molecule has 0 unspecified atom stereocenters. The molecule has 0 fully saturated rings. The molecule has 3 N–H and O–H groups in total. The number of carbonyl (C=O) groups is 1. The highest BCUT2D eigenvalue weighted by Crippen LogP contribution is 2.29. The first-order valence-electron chi connectivity index (χ1n) is 7.43. The Balaban J connectivity index is 2.07. The maximum atomic E-state index is 13.0. The van der Waals surface area contributed by atoms with Crippen molar-refractivity contribution >= 4 is 63.7 Å². The van der Waals surface area contributed by atoms with Crippen LogP contribution >= 0.6 is 47.0 Å². The molecule has 0 radical (unpaired) electrons. The van der Waals surface area contributed by atoms with Gasteiger partial charge in [-0.3, -0.25) is 4.79 Å². The molecule has 0 aromatic heterocycles. The molecular weight excluding hydrogens is 420 g/mol. The number of rotatable bonds is 4. The Kier molecular flexibility index (Phi) is 7.06. The van der Waals surface area contributed by atoms with E-state index >= 15 is 0 Å². The van der Waals surface area contributed by atoms with Gasteiger partial charge in [-0.25, -0.2) is 4.39 Å². The maximum Gasteiger partial charge on any atom is 0.252 e. The lowest BCUT2D eigenvalue weighted by molar-refractivity contribution is 0.0934. The topological polar surface area (TPSA) is 53.2 Å². The summed E-state index contributed by atoms with van der Waals surface area (Å²) in [5, 5.41) is 8.43. The average Bonchev–Trinajstić information content (AvgIpc) is 2.56. The van der Waals surface area contributed by atoms with Gasteiger partial charge in [-0.15, -0.1) is 0 Å². The van der Waals surface area contributed by atoms with E-state index in [4.69, 9.17) is 47.0 Å². The molecular formula is C17H15Cl3FN3OS. The molecule has 2 aromatic carbocycles. The van der Waals surface area contributed by atoms with Crippen molar-refractivity contribution in [1.29, 1.82) is 0 Å². The lowest BCUT2D eigenvalue weighted by Gasteiger charge is -2.28. The smallest absolute Gasteiger partial charge is 0.252 e. The molecule has 0 saturated carbocycles. The first-order chi connectivity index (χ1) is 12.2. The van der Waals surface area contributed by atoms with Gasteiger partial charge < -0.3 is 16.0 Å². The molecule has 4 nitrogen and oxygen atoms in total. The highest BCUT2D eigenvalue weighted by atomic mass is 35.6. The van der Waals surface area contributed by atoms with Crippen LogP contribution in [0.2, 0.25) is 0 Å². The number of anilines is 1. The molecule has 0 aliphatic heterocycles. The van der Waals surface area contributed by atoms with Crippen molar-refractivity contribution in [2.75, 3.05) is 5.32 Å². The van der Waals surface area contributed by atoms with Crippen LogP contribution in [0.1, 0.15) is 15.9 Å². The Morgan fingerprint density at radius 3 is 2.27 bits per heavy atom. The number of hydrogen-bond acceptors (Lipinski definition) is 2. The summed E-state index contributed by atoms with van der Waals surface area (Å²) >= 11 is 23.0. The summed E-state index contributed by atoms with van der Waals surface area (Å²) in [6, 6.07) is 12.5. The normalized spacial score (nSPS) is 12.2. The Labute approximate surface area is 171 Å². The van der Waals surface area contributed by atoms with Gasteiger partial charge in [0.15, 0.2) is 5.11 Å². The van der Waals surface area contributed by atoms with Crippen LogP contribution < -0.4 is 16.0 Å². The van der Waals surface area contributed by atoms with E-state index in [0.29, 0.717) is 0 Å². The van der Waals surface area contributed by atoms with Crippen LogP contribution in [0.4, 0.5) is 10.1 Å². The van der Waals surface area contributed by atoms with Gasteiger partial charge in [0.25, 0.3) is 5.91 Å². The lowest BCUT2D eigenvalue weighted by atomic mass is 10.2. The number of aryl methyl sites for hydroxylation is 1. The van der Waals surface area contributed by atoms with E-state index in [1.165, 1.54) is 12.1 Å². The molecule has 1 amide bonds. The molecule has 0 bridgehead atoms. The van der Waals surface area contributed by atoms with Gasteiger partial charge >= 0.3 is 0 Å². The Morgan fingerprint density at radius 1 is 1.08 bits per heavy atom. The van der Waals surface area contributed by atoms with E-state index in [9.17, 15) is 9.18 Å². The highest BCUT2D eigenvalue weighted by Gasteiger charge is 2.34. The second-order valence-corrected chi connectivity index (χ2v) is 8.15. The van der Waals surface area contributed by atoms with E-state index < -0.39 is 21.7 Å². The molecule has 0 spiro atoms. The molecule has 0 aliphatic rings. The van der Waals surface area contributed by atoms with Crippen molar-refractivity contribution < 1.29 is 9.18 Å². The summed E-state index contributed by atoms with van der Waals surface area (Å²) < 4.78 is 11.1. The first-order valence-corrected chi connectivity index (χ1v) is 8.97. The van der Waals surface area contributed by atoms with E-state index in [-0.39, 0.29) is 10.7 Å². The highest BCUT2D eigenvalue weighted by molar-refractivity contribution is 7.80. The Morgan fingerprint density at radius 2 is 1.69 bits per heavy atom. The summed E-state index contributed by atoms with van der Waals surface area (Å²) in [7, 11) is 0. The number of amides is 1. The standard InChI is InChI=1S/C17H15Cl3FN3OS/c1-10-4-2-3-5-13(10)22-16(26)24-15(17(18,19)20)23-14(25)11-6-8-12(21)9-7-11/h2-9,15H,1H3,(H,23,25)(H2,22,24,26)/t15-/m0/s1. The molecule has 0 heterocycles. The second kappa shape index (κ2) is 8.86. The van der Waals surface area contributed by atoms with Crippen molar-refractivity contribution in [1.82, 2.24) is 10.6 Å². The Hall–Kier alpha value is -1.60. The van der Waals surface area contributed by atoms with Crippen LogP contribution in [-0.4, -0.2) is 21.0 Å². The zero-order chi connectivity index (χ0) is 19.3. The average molecular weight is 435 g/mol. The van der Waals surface area contributed by atoms with E-state index in [0.717, 1.165) is 23.4 Å². The third-order valence-electron chi connectivity index (χ3n) is 3.38. The molecule has 138 valence electrons. The molecule has 2 rings (SSSR count). The fraction of sp³-hybridized carbons (Fsp3) is 0.176. The molecule has 9 heteroatoms. The van der Waals surface area contributed by atoms with Crippen LogP contribution in [-0.2, 0) is 0 Å². The molecule has 2 aromatic rings. The van der Waals surface area contributed by atoms with E-state index in [1.807, 2.05) is 31.2 Å². The number of benzene rings is 2. The minimum atomic E-state index is -1.88. The van der Waals surface area contributed by atoms with Crippen LogP contribution in [0, 0.1) is 12.7 Å². The van der Waals surface area contributed by atoms with Gasteiger partial charge in [-0.2, -0.15) is 0 Å². The van der Waals surface area contributed by atoms with E-state index in [1.54, 1.807) is 0 Å². The lowest BCUT2D eigenvalue weighted by Crippen LogP contribution is -2.56. The van der Waals surface area contributed by atoms with Gasteiger partial charge in [0.1, 0.15) is 12.0 Å².